The Kier molecular flexibility index (Phi) is 11.4. The number of hydrogen-bond donors (Lipinski definition) is 1. The quantitative estimate of drug-likeness (QED) is 0.367. The Bertz CT molecular complexity index is 1290. The Balaban J connectivity index is 0.00000361. The average molecular weight is 591 g/mol. The smallest absolute Gasteiger partial charge is 0.645 e. The summed E-state index contributed by atoms with van der Waals surface area (Å²) < 4.78 is 12.0. The van der Waals surface area contributed by atoms with Crippen LogP contribution < -0.4 is 66.2 Å². The molecule has 4 rings (SSSR count). The minimum atomic E-state index is -0.315. The first-order chi connectivity index (χ1) is 17.1. The molecular weight excluding hydrogens is 565 g/mol. The van der Waals surface area contributed by atoms with Crippen molar-refractivity contribution in [3.05, 3.63) is 98.8 Å². The van der Waals surface area contributed by atoms with Crippen molar-refractivity contribution in [2.24, 2.45) is 0 Å². The largest absolute Gasteiger partial charge is 1.00 e. The number of nitrogens with one attached hydrogen (secondary N) is 1. The van der Waals surface area contributed by atoms with E-state index in [1.54, 1.807) is 7.11 Å². The van der Waals surface area contributed by atoms with Crippen molar-refractivity contribution in [1.82, 2.24) is 4.98 Å². The summed E-state index contributed by atoms with van der Waals surface area (Å²) in [7, 11) is 1.60. The molecule has 9 heteroatoms. The molecule has 0 unspecified atom stereocenters. The molecule has 0 saturated heterocycles. The zero-order valence-electron chi connectivity index (χ0n) is 20.5. The molecule has 1 heterocycles. The molecule has 0 spiro atoms. The molecule has 0 atom stereocenters. The summed E-state index contributed by atoms with van der Waals surface area (Å²) in [6.07, 6.45) is 10.9. The van der Waals surface area contributed by atoms with Gasteiger partial charge in [0.05, 0.1) is 30.2 Å². The van der Waals surface area contributed by atoms with Crippen LogP contribution >= 0.6 is 27.3 Å². The zero-order chi connectivity index (χ0) is 24.6. The maximum atomic E-state index is 13.3. The van der Waals surface area contributed by atoms with Gasteiger partial charge in [-0.05, 0) is 49.7 Å². The van der Waals surface area contributed by atoms with Crippen molar-refractivity contribution in [2.75, 3.05) is 19.0 Å². The van der Waals surface area contributed by atoms with Crippen LogP contribution in [0.1, 0.15) is 34.3 Å². The van der Waals surface area contributed by atoms with E-state index in [4.69, 9.17) is 14.5 Å². The minimum Gasteiger partial charge on any atom is -0.645 e. The summed E-state index contributed by atoms with van der Waals surface area (Å²) in [5.74, 6) is 1.03. The Morgan fingerprint density at radius 3 is 2.69 bits per heavy atom. The summed E-state index contributed by atoms with van der Waals surface area (Å²) >= 11 is 4.74. The third kappa shape index (κ3) is 7.89. The van der Waals surface area contributed by atoms with Crippen LogP contribution in [-0.4, -0.2) is 24.6 Å². The molecule has 1 aromatic heterocycles. The molecule has 1 N–H and O–H groups in total. The number of methoxy groups -OCH3 is 1. The van der Waals surface area contributed by atoms with Gasteiger partial charge in [0.2, 0.25) is 0 Å². The van der Waals surface area contributed by atoms with Crippen LogP contribution in [0.3, 0.4) is 0 Å². The van der Waals surface area contributed by atoms with E-state index in [-0.39, 0.29) is 63.8 Å². The van der Waals surface area contributed by atoms with Crippen LogP contribution in [0.2, 0.25) is 0 Å². The predicted octanol–water partition coefficient (Wildman–Crippen LogP) is 4.67. The fourth-order valence-electron chi connectivity index (χ4n) is 3.43. The fourth-order valence-corrected chi connectivity index (χ4v) is 4.61. The third-order valence-corrected chi connectivity index (χ3v) is 6.55. The Morgan fingerprint density at radius 1 is 1.17 bits per heavy atom. The van der Waals surface area contributed by atoms with Gasteiger partial charge < -0.3 is 24.9 Å². The van der Waals surface area contributed by atoms with Crippen molar-refractivity contribution in [3.63, 3.8) is 0 Å². The van der Waals surface area contributed by atoms with Gasteiger partial charge in [-0.25, -0.2) is 4.98 Å². The summed E-state index contributed by atoms with van der Waals surface area (Å²) in [4.78, 5) is 18.5. The average Bonchev–Trinajstić information content (AvgIpc) is 3.09. The Labute approximate surface area is 266 Å². The summed E-state index contributed by atoms with van der Waals surface area (Å²) in [6, 6.07) is 13.3. The van der Waals surface area contributed by atoms with Crippen molar-refractivity contribution in [1.29, 1.82) is 0 Å². The number of thiazole rings is 1. The first-order valence-corrected chi connectivity index (χ1v) is 12.8. The number of hydrogen-bond acceptors (Lipinski definition) is 6. The number of ether oxygens (including phenoxy) is 2. The van der Waals surface area contributed by atoms with Crippen LogP contribution in [-0.2, 0) is 6.54 Å². The summed E-state index contributed by atoms with van der Waals surface area (Å²) in [5, 5.41) is 8.30. The molecule has 1 amide bonds. The second kappa shape index (κ2) is 14.3. The second-order valence-electron chi connectivity index (χ2n) is 7.59. The molecule has 0 radical (unpaired) electrons. The van der Waals surface area contributed by atoms with Crippen molar-refractivity contribution < 1.29 is 65.7 Å². The van der Waals surface area contributed by atoms with Crippen molar-refractivity contribution >= 4 is 49.6 Å². The molecule has 0 aliphatic heterocycles. The predicted molar refractivity (Wildman–Crippen MR) is 146 cm³/mol. The van der Waals surface area contributed by atoms with E-state index in [1.165, 1.54) is 11.3 Å². The number of nitrogens with zero attached hydrogens (tertiary/aromatic N) is 2. The van der Waals surface area contributed by atoms with E-state index in [2.05, 4.69) is 32.6 Å². The van der Waals surface area contributed by atoms with Crippen molar-refractivity contribution in [3.8, 4) is 11.5 Å². The maximum Gasteiger partial charge on any atom is 1.00 e. The number of allylic oxidation sites excluding steroid dienone is 6. The monoisotopic (exact) mass is 589 g/mol. The first kappa shape index (κ1) is 28.8. The molecule has 6 nitrogen and oxygen atoms in total. The molecule has 3 aromatic rings. The summed E-state index contributed by atoms with van der Waals surface area (Å²) in [6.45, 7) is 2.67. The number of anilines is 2. The van der Waals surface area contributed by atoms with Gasteiger partial charge in [0, 0.05) is 21.8 Å². The molecule has 0 bridgehead atoms. The normalized spacial score (nSPS) is 12.2. The van der Waals surface area contributed by atoms with E-state index in [0.717, 1.165) is 27.7 Å². The topological polar surface area (TPSA) is 74.6 Å². The second-order valence-corrected chi connectivity index (χ2v) is 9.50. The van der Waals surface area contributed by atoms with Crippen LogP contribution in [0.5, 0.6) is 11.5 Å². The van der Waals surface area contributed by atoms with Gasteiger partial charge in [-0.15, -0.1) is 6.54 Å². The third-order valence-electron chi connectivity index (χ3n) is 5.06. The van der Waals surface area contributed by atoms with Crippen molar-refractivity contribution in [2.45, 2.75) is 19.9 Å². The summed E-state index contributed by atoms with van der Waals surface area (Å²) in [5.41, 5.74) is 3.20. The van der Waals surface area contributed by atoms with E-state index < -0.39 is 0 Å². The molecule has 1 aliphatic carbocycles. The van der Waals surface area contributed by atoms with Crippen LogP contribution in [0.15, 0.2) is 77.3 Å². The van der Waals surface area contributed by atoms with Gasteiger partial charge in [-0.3, -0.25) is 0 Å². The fraction of sp³-hybridized carbons (Fsp3) is 0.185. The number of carbonyl (C=O) groups is 1. The molecule has 1 aliphatic rings. The van der Waals surface area contributed by atoms with Gasteiger partial charge in [0.1, 0.15) is 11.5 Å². The van der Waals surface area contributed by atoms with Gasteiger partial charge in [0.25, 0.3) is 0 Å². The standard InChI is InChI=1S/C27H26BrN3O3S.K/c1-3-34-23-15-18(14-22(16-23)33-2)17-29-26(32)25-24(19-8-6-4-5-7-9-19)31-27(35-25)30-21-12-10-20(28)11-13-21;/h4,6-16H,3,5,17H2,1-2H3,(H2,29,30,31,32);/q;+1/p-1. The van der Waals surface area contributed by atoms with Gasteiger partial charge in [-0.2, -0.15) is 0 Å². The molecule has 180 valence electrons. The SMILES string of the molecule is CCOc1cc(C[N-]C(=O)c2sc(Nc3ccc(Br)cc3)nc2C2=CC=CCC=C2)cc(OC)c1.[K+]. The van der Waals surface area contributed by atoms with E-state index in [0.29, 0.717) is 33.8 Å². The number of carbonyl (C=O) groups excluding carboxylic acids is 1. The molecule has 2 aromatic carbocycles. The number of aromatic nitrogens is 1. The molecule has 0 saturated carbocycles. The number of halogens is 1. The van der Waals surface area contributed by atoms with E-state index >= 15 is 0 Å². The van der Waals surface area contributed by atoms with E-state index in [9.17, 15) is 4.79 Å². The van der Waals surface area contributed by atoms with Crippen LogP contribution in [0.4, 0.5) is 10.8 Å². The molecular formula is C27H25BrKN3O3S. The number of benzene rings is 2. The van der Waals surface area contributed by atoms with E-state index in [1.807, 2.05) is 73.7 Å². The minimum absolute atomic E-state index is 0. The number of amides is 1. The number of rotatable bonds is 9. The zero-order valence-corrected chi connectivity index (χ0v) is 26.0. The Hall–Kier alpha value is -1.72. The molecule has 0 fully saturated rings. The first-order valence-electron chi connectivity index (χ1n) is 11.2. The van der Waals surface area contributed by atoms with Crippen LogP contribution in [0, 0.1) is 0 Å². The van der Waals surface area contributed by atoms with Gasteiger partial charge in [-0.1, -0.05) is 63.2 Å². The van der Waals surface area contributed by atoms with Gasteiger partial charge in [0.15, 0.2) is 5.13 Å². The maximum absolute atomic E-state index is 13.3. The van der Waals surface area contributed by atoms with Crippen LogP contribution in [0.25, 0.3) is 10.9 Å². The molecule has 36 heavy (non-hydrogen) atoms. The van der Waals surface area contributed by atoms with Gasteiger partial charge >= 0.3 is 51.4 Å². The Morgan fingerprint density at radius 2 is 1.94 bits per heavy atom.